The summed E-state index contributed by atoms with van der Waals surface area (Å²) >= 11 is 0. The van der Waals surface area contributed by atoms with E-state index in [1.807, 2.05) is 0 Å². The standard InChI is InChI=1S/C23H23F3N6O4/c1-12-7-17(15-5-3-4-6-16(15)23(24,25)26)31-32-20(13(2)28-21(12)32)22(35)30-18-8-27-9-19(29-18)36-11-14(34)10-33/h3-9,14,19,29,33-34H,10-11H2,1-2H3,(H,30,35)/t14-,19?/m1/s1. The fourth-order valence-electron chi connectivity index (χ4n) is 3.65. The summed E-state index contributed by atoms with van der Waals surface area (Å²) in [5, 5.41) is 28.1. The van der Waals surface area contributed by atoms with Crippen molar-refractivity contribution in [3.63, 3.8) is 0 Å². The Bertz CT molecular complexity index is 1350. The molecule has 1 amide bonds. The average molecular weight is 504 g/mol. The van der Waals surface area contributed by atoms with E-state index in [4.69, 9.17) is 9.84 Å². The number of aromatic nitrogens is 3. The molecule has 3 aromatic rings. The minimum atomic E-state index is -4.59. The number of nitrogens with zero attached hydrogens (tertiary/aromatic N) is 4. The highest BCUT2D eigenvalue weighted by Gasteiger charge is 2.34. The molecular weight excluding hydrogens is 481 g/mol. The maximum Gasteiger partial charge on any atom is 0.417 e. The van der Waals surface area contributed by atoms with E-state index in [2.05, 4.69) is 25.7 Å². The van der Waals surface area contributed by atoms with Crippen molar-refractivity contribution in [1.29, 1.82) is 0 Å². The van der Waals surface area contributed by atoms with E-state index in [0.717, 1.165) is 6.07 Å². The van der Waals surface area contributed by atoms with Gasteiger partial charge in [0.05, 0.1) is 42.6 Å². The number of aryl methyl sites for hydroxylation is 2. The van der Waals surface area contributed by atoms with E-state index >= 15 is 0 Å². The van der Waals surface area contributed by atoms with Crippen LogP contribution in [-0.2, 0) is 10.9 Å². The summed E-state index contributed by atoms with van der Waals surface area (Å²) in [5.74, 6) is -0.450. The molecule has 0 radical (unpaired) electrons. The molecule has 0 aliphatic carbocycles. The second kappa shape index (κ2) is 10.0. The third-order valence-electron chi connectivity index (χ3n) is 5.32. The molecule has 190 valence electrons. The first kappa shape index (κ1) is 25.3. The van der Waals surface area contributed by atoms with Gasteiger partial charge in [-0.05, 0) is 31.5 Å². The summed E-state index contributed by atoms with van der Waals surface area (Å²) in [4.78, 5) is 21.5. The molecule has 2 aromatic heterocycles. The van der Waals surface area contributed by atoms with Gasteiger partial charge in [0.15, 0.2) is 17.6 Å². The second-order valence-electron chi connectivity index (χ2n) is 8.07. The highest BCUT2D eigenvalue weighted by Crippen LogP contribution is 2.36. The van der Waals surface area contributed by atoms with Gasteiger partial charge in [-0.25, -0.2) is 9.50 Å². The van der Waals surface area contributed by atoms with Gasteiger partial charge in [-0.15, -0.1) is 0 Å². The zero-order chi connectivity index (χ0) is 26.0. The summed E-state index contributed by atoms with van der Waals surface area (Å²) in [7, 11) is 0. The van der Waals surface area contributed by atoms with Gasteiger partial charge in [-0.2, -0.15) is 18.3 Å². The maximum absolute atomic E-state index is 13.6. The Morgan fingerprint density at radius 3 is 2.78 bits per heavy atom. The number of fused-ring (bicyclic) bond motifs is 1. The van der Waals surface area contributed by atoms with Gasteiger partial charge < -0.3 is 25.6 Å². The zero-order valence-corrected chi connectivity index (χ0v) is 19.2. The first-order valence-electron chi connectivity index (χ1n) is 10.8. The molecule has 0 spiro atoms. The molecule has 0 saturated carbocycles. The first-order valence-corrected chi connectivity index (χ1v) is 10.8. The van der Waals surface area contributed by atoms with E-state index in [-0.39, 0.29) is 29.4 Å². The minimum Gasteiger partial charge on any atom is -0.394 e. The number of aliphatic hydroxyl groups excluding tert-OH is 2. The lowest BCUT2D eigenvalue weighted by Crippen LogP contribution is -2.43. The van der Waals surface area contributed by atoms with E-state index < -0.39 is 36.6 Å². The van der Waals surface area contributed by atoms with E-state index in [9.17, 15) is 23.1 Å². The number of halogens is 3. The van der Waals surface area contributed by atoms with Crippen molar-refractivity contribution < 1.29 is 32.9 Å². The number of amides is 1. The van der Waals surface area contributed by atoms with Crippen LogP contribution in [0.3, 0.4) is 0 Å². The van der Waals surface area contributed by atoms with Crippen LogP contribution in [0.2, 0.25) is 0 Å². The monoisotopic (exact) mass is 504 g/mol. The van der Waals surface area contributed by atoms with Crippen LogP contribution in [-0.4, -0.2) is 62.5 Å². The van der Waals surface area contributed by atoms with Crippen LogP contribution in [0.5, 0.6) is 0 Å². The van der Waals surface area contributed by atoms with Crippen LogP contribution in [0.15, 0.2) is 47.3 Å². The van der Waals surface area contributed by atoms with Crippen molar-refractivity contribution in [3.05, 3.63) is 64.9 Å². The Morgan fingerprint density at radius 1 is 1.31 bits per heavy atom. The lowest BCUT2D eigenvalue weighted by atomic mass is 10.0. The van der Waals surface area contributed by atoms with Gasteiger partial charge in [0.2, 0.25) is 0 Å². The number of rotatable bonds is 7. The summed E-state index contributed by atoms with van der Waals surface area (Å²) in [6.07, 6.45) is -3.70. The van der Waals surface area contributed by atoms with Crippen LogP contribution in [0, 0.1) is 13.8 Å². The number of carbonyl (C=O) groups excluding carboxylic acids is 1. The molecule has 2 atom stereocenters. The smallest absolute Gasteiger partial charge is 0.394 e. The number of aliphatic hydroxyl groups is 2. The Hall–Kier alpha value is -3.81. The highest BCUT2D eigenvalue weighted by molar-refractivity contribution is 5.96. The molecule has 10 nitrogen and oxygen atoms in total. The van der Waals surface area contributed by atoms with Crippen molar-refractivity contribution in [3.8, 4) is 11.3 Å². The van der Waals surface area contributed by atoms with E-state index in [0.29, 0.717) is 16.9 Å². The van der Waals surface area contributed by atoms with E-state index in [1.54, 1.807) is 13.8 Å². The number of alkyl halides is 3. The Balaban J connectivity index is 1.64. The van der Waals surface area contributed by atoms with Gasteiger partial charge in [0.25, 0.3) is 5.91 Å². The van der Waals surface area contributed by atoms with Crippen LogP contribution >= 0.6 is 0 Å². The number of imidazole rings is 1. The molecule has 1 aliphatic heterocycles. The van der Waals surface area contributed by atoms with Gasteiger partial charge in [-0.1, -0.05) is 18.2 Å². The van der Waals surface area contributed by atoms with Crippen molar-refractivity contribution in [2.75, 3.05) is 13.2 Å². The quantitative estimate of drug-likeness (QED) is 0.386. The van der Waals surface area contributed by atoms with Gasteiger partial charge in [0.1, 0.15) is 11.9 Å². The molecule has 36 heavy (non-hydrogen) atoms. The largest absolute Gasteiger partial charge is 0.417 e. The predicted molar refractivity (Wildman–Crippen MR) is 123 cm³/mol. The Labute approximate surface area is 203 Å². The third kappa shape index (κ3) is 5.22. The molecule has 1 aliphatic rings. The molecule has 13 heteroatoms. The fraction of sp³-hybridized carbons (Fsp3) is 0.304. The topological polar surface area (TPSA) is 133 Å². The normalized spacial score (nSPS) is 16.5. The average Bonchev–Trinajstić information content (AvgIpc) is 3.18. The number of benzene rings is 1. The van der Waals surface area contributed by atoms with Crippen molar-refractivity contribution in [1.82, 2.24) is 25.2 Å². The van der Waals surface area contributed by atoms with Crippen molar-refractivity contribution in [2.24, 2.45) is 4.99 Å². The van der Waals surface area contributed by atoms with Crippen molar-refractivity contribution >= 4 is 17.8 Å². The van der Waals surface area contributed by atoms with Crippen molar-refractivity contribution in [2.45, 2.75) is 32.4 Å². The number of hydrogen-bond acceptors (Lipinski definition) is 8. The summed E-state index contributed by atoms with van der Waals surface area (Å²) in [6, 6.07) is 6.58. The maximum atomic E-state index is 13.6. The van der Waals surface area contributed by atoms with Gasteiger partial charge >= 0.3 is 6.18 Å². The number of aliphatic imine (C=N–C) groups is 1. The predicted octanol–water partition coefficient (Wildman–Crippen LogP) is 1.93. The van der Waals surface area contributed by atoms with Crippen LogP contribution in [0.4, 0.5) is 13.2 Å². The lowest BCUT2D eigenvalue weighted by molar-refractivity contribution is -0.137. The Kier molecular flexibility index (Phi) is 7.06. The second-order valence-corrected chi connectivity index (χ2v) is 8.07. The minimum absolute atomic E-state index is 0.0323. The number of carbonyl (C=O) groups is 1. The molecule has 0 bridgehead atoms. The first-order chi connectivity index (χ1) is 17.1. The van der Waals surface area contributed by atoms with Crippen LogP contribution in [0.1, 0.15) is 27.3 Å². The SMILES string of the molecule is Cc1nc2c(C)cc(-c3ccccc3C(F)(F)F)nn2c1C(=O)NC1=CN=CC(OC[C@H](O)CO)N1. The molecular formula is C23H23F3N6O4. The van der Waals surface area contributed by atoms with E-state index in [1.165, 1.54) is 41.2 Å². The molecule has 0 fully saturated rings. The third-order valence-corrected chi connectivity index (χ3v) is 5.32. The molecule has 1 aromatic carbocycles. The van der Waals surface area contributed by atoms with Crippen LogP contribution in [0.25, 0.3) is 16.9 Å². The Morgan fingerprint density at radius 2 is 2.06 bits per heavy atom. The number of hydrogen-bond donors (Lipinski definition) is 4. The van der Waals surface area contributed by atoms with Crippen LogP contribution < -0.4 is 10.6 Å². The molecule has 1 unspecified atom stereocenters. The molecule has 4 rings (SSSR count). The number of nitrogens with one attached hydrogen (secondary N) is 2. The zero-order valence-electron chi connectivity index (χ0n) is 19.2. The summed E-state index contributed by atoms with van der Waals surface area (Å²) < 4.78 is 47.4. The molecule has 3 heterocycles. The van der Waals surface area contributed by atoms with Gasteiger partial charge in [0, 0.05) is 5.56 Å². The van der Waals surface area contributed by atoms with Gasteiger partial charge in [-0.3, -0.25) is 9.79 Å². The lowest BCUT2D eigenvalue weighted by Gasteiger charge is -2.22. The summed E-state index contributed by atoms with van der Waals surface area (Å²) in [6.45, 7) is 2.63. The molecule has 0 saturated heterocycles. The number of ether oxygens (including phenoxy) is 1. The fourth-order valence-corrected chi connectivity index (χ4v) is 3.65. The summed E-state index contributed by atoms with van der Waals surface area (Å²) in [5.41, 5.74) is 0.292. The highest BCUT2D eigenvalue weighted by atomic mass is 19.4. The molecule has 4 N–H and O–H groups in total.